The number of ketones is 1. The van der Waals surface area contributed by atoms with E-state index in [0.29, 0.717) is 18.4 Å². The molecule has 1 saturated heterocycles. The molecule has 0 aromatic heterocycles. The smallest absolute Gasteiger partial charge is 0.229 e. The van der Waals surface area contributed by atoms with E-state index in [-0.39, 0.29) is 36.5 Å². The number of likely N-dealkylation sites (tertiary alicyclic amines) is 1. The molecule has 2 amide bonds. The second-order valence-corrected chi connectivity index (χ2v) is 4.99. The van der Waals surface area contributed by atoms with Crippen molar-refractivity contribution < 1.29 is 14.4 Å². The highest BCUT2D eigenvalue weighted by Crippen LogP contribution is 2.19. The number of Topliss-reactive ketones (excluding diaryl/α,β-unsaturated/α-hetero) is 1. The molecule has 0 atom stereocenters. The van der Waals surface area contributed by atoms with Gasteiger partial charge in [0.2, 0.25) is 11.8 Å². The lowest BCUT2D eigenvalue weighted by Gasteiger charge is -2.28. The minimum absolute atomic E-state index is 0.0418. The summed E-state index contributed by atoms with van der Waals surface area (Å²) >= 11 is 0. The number of amides is 2. The molecule has 1 aliphatic heterocycles. The number of hydrogen-bond acceptors (Lipinski definition) is 3. The van der Waals surface area contributed by atoms with Gasteiger partial charge < -0.3 is 0 Å². The van der Waals surface area contributed by atoms with E-state index in [9.17, 15) is 14.4 Å². The van der Waals surface area contributed by atoms with Gasteiger partial charge in [-0.25, -0.2) is 0 Å². The van der Waals surface area contributed by atoms with Crippen molar-refractivity contribution >= 4 is 17.6 Å². The Morgan fingerprint density at radius 2 is 1.74 bits per heavy atom. The number of benzene rings is 1. The zero-order valence-corrected chi connectivity index (χ0v) is 11.0. The monoisotopic (exact) mass is 259 g/mol. The second kappa shape index (κ2) is 5.78. The minimum Gasteiger partial charge on any atom is -0.294 e. The van der Waals surface area contributed by atoms with Crippen LogP contribution in [0.15, 0.2) is 30.3 Å². The molecular formula is C15H17NO3. The molecule has 0 N–H and O–H groups in total. The van der Waals surface area contributed by atoms with E-state index in [0.717, 1.165) is 0 Å². The molecule has 1 fully saturated rings. The van der Waals surface area contributed by atoms with Crippen molar-refractivity contribution in [2.45, 2.75) is 26.2 Å². The fourth-order valence-corrected chi connectivity index (χ4v) is 2.26. The molecule has 0 radical (unpaired) electrons. The maximum Gasteiger partial charge on any atom is 0.229 e. The molecule has 1 aromatic rings. The number of carbonyl (C=O) groups excluding carboxylic acids is 3. The van der Waals surface area contributed by atoms with Crippen LogP contribution < -0.4 is 0 Å². The number of rotatable bonds is 4. The van der Waals surface area contributed by atoms with Gasteiger partial charge in [-0.3, -0.25) is 19.3 Å². The van der Waals surface area contributed by atoms with Crippen LogP contribution in [0.1, 0.15) is 36.5 Å². The van der Waals surface area contributed by atoms with Crippen molar-refractivity contribution in [3.63, 3.8) is 0 Å². The molecule has 2 rings (SSSR count). The van der Waals surface area contributed by atoms with Gasteiger partial charge in [-0.15, -0.1) is 0 Å². The summed E-state index contributed by atoms with van der Waals surface area (Å²) in [5, 5.41) is 0. The number of hydrogen-bond donors (Lipinski definition) is 0. The Balaban J connectivity index is 1.94. The standard InChI is InChI=1S/C15H17NO3/c1-11-9-14(18)16(15(19)10-11)8-7-13(17)12-5-3-2-4-6-12/h2-6,11H,7-10H2,1H3. The predicted octanol–water partition coefficient (Wildman–Crippen LogP) is 2.04. The van der Waals surface area contributed by atoms with Gasteiger partial charge in [-0.2, -0.15) is 0 Å². The van der Waals surface area contributed by atoms with Crippen LogP contribution in [0.2, 0.25) is 0 Å². The lowest BCUT2D eigenvalue weighted by Crippen LogP contribution is -2.43. The largest absolute Gasteiger partial charge is 0.294 e. The van der Waals surface area contributed by atoms with Gasteiger partial charge in [0, 0.05) is 31.4 Å². The van der Waals surface area contributed by atoms with Crippen molar-refractivity contribution in [3.05, 3.63) is 35.9 Å². The molecular weight excluding hydrogens is 242 g/mol. The lowest BCUT2D eigenvalue weighted by molar-refractivity contribution is -0.149. The van der Waals surface area contributed by atoms with Crippen molar-refractivity contribution in [1.82, 2.24) is 4.90 Å². The number of nitrogens with zero attached hydrogens (tertiary/aromatic N) is 1. The Labute approximate surface area is 112 Å². The fraction of sp³-hybridized carbons (Fsp3) is 0.400. The Kier molecular flexibility index (Phi) is 4.10. The molecule has 0 unspecified atom stereocenters. The fourth-order valence-electron chi connectivity index (χ4n) is 2.26. The van der Waals surface area contributed by atoms with Crippen LogP contribution in [0.3, 0.4) is 0 Å². The van der Waals surface area contributed by atoms with Gasteiger partial charge in [0.15, 0.2) is 5.78 Å². The first-order valence-corrected chi connectivity index (χ1v) is 6.49. The van der Waals surface area contributed by atoms with Crippen molar-refractivity contribution in [1.29, 1.82) is 0 Å². The van der Waals surface area contributed by atoms with E-state index in [1.807, 2.05) is 13.0 Å². The lowest BCUT2D eigenvalue weighted by atomic mass is 9.97. The molecule has 0 spiro atoms. The second-order valence-electron chi connectivity index (χ2n) is 4.99. The first kappa shape index (κ1) is 13.5. The summed E-state index contributed by atoms with van der Waals surface area (Å²) in [6.07, 6.45) is 0.979. The van der Waals surface area contributed by atoms with Gasteiger partial charge in [-0.05, 0) is 5.92 Å². The van der Waals surface area contributed by atoms with Gasteiger partial charge >= 0.3 is 0 Å². The summed E-state index contributed by atoms with van der Waals surface area (Å²) in [5.41, 5.74) is 0.618. The van der Waals surface area contributed by atoms with Gasteiger partial charge in [0.1, 0.15) is 0 Å². The molecule has 1 aromatic carbocycles. The maximum absolute atomic E-state index is 11.9. The predicted molar refractivity (Wildman–Crippen MR) is 70.5 cm³/mol. The van der Waals surface area contributed by atoms with Crippen LogP contribution in [0.5, 0.6) is 0 Å². The molecule has 4 heteroatoms. The van der Waals surface area contributed by atoms with Crippen molar-refractivity contribution in [2.75, 3.05) is 6.54 Å². The topological polar surface area (TPSA) is 54.5 Å². The van der Waals surface area contributed by atoms with Crippen molar-refractivity contribution in [2.24, 2.45) is 5.92 Å². The third-order valence-electron chi connectivity index (χ3n) is 3.31. The van der Waals surface area contributed by atoms with Crippen LogP contribution in [-0.2, 0) is 9.59 Å². The van der Waals surface area contributed by atoms with Gasteiger partial charge in [0.25, 0.3) is 0 Å². The highest BCUT2D eigenvalue weighted by Gasteiger charge is 2.30. The van der Waals surface area contributed by atoms with Gasteiger partial charge in [-0.1, -0.05) is 37.3 Å². The van der Waals surface area contributed by atoms with E-state index in [1.54, 1.807) is 24.3 Å². The Hall–Kier alpha value is -1.97. The first-order chi connectivity index (χ1) is 9.08. The zero-order chi connectivity index (χ0) is 13.8. The van der Waals surface area contributed by atoms with Crippen LogP contribution in [-0.4, -0.2) is 29.0 Å². The normalized spacial score (nSPS) is 16.8. The number of piperidine rings is 1. The molecule has 1 aliphatic rings. The van der Waals surface area contributed by atoms with E-state index in [4.69, 9.17) is 0 Å². The molecule has 100 valence electrons. The number of carbonyl (C=O) groups is 3. The van der Waals surface area contributed by atoms with Crippen LogP contribution in [0, 0.1) is 5.92 Å². The van der Waals surface area contributed by atoms with E-state index in [2.05, 4.69) is 0 Å². The summed E-state index contributed by atoms with van der Waals surface area (Å²) in [7, 11) is 0. The average Bonchev–Trinajstić information content (AvgIpc) is 2.38. The molecule has 1 heterocycles. The summed E-state index contributed by atoms with van der Waals surface area (Å²) in [6, 6.07) is 8.92. The zero-order valence-electron chi connectivity index (χ0n) is 11.0. The van der Waals surface area contributed by atoms with E-state index in [1.165, 1.54) is 4.90 Å². The third kappa shape index (κ3) is 3.28. The first-order valence-electron chi connectivity index (χ1n) is 6.49. The molecule has 0 bridgehead atoms. The molecule has 0 saturated carbocycles. The Morgan fingerprint density at radius 3 is 2.32 bits per heavy atom. The minimum atomic E-state index is -0.162. The summed E-state index contributed by atoms with van der Waals surface area (Å²) in [5.74, 6) is -0.255. The Morgan fingerprint density at radius 1 is 1.16 bits per heavy atom. The molecule has 19 heavy (non-hydrogen) atoms. The summed E-state index contributed by atoms with van der Waals surface area (Å²) < 4.78 is 0. The quantitative estimate of drug-likeness (QED) is 0.614. The molecule has 4 nitrogen and oxygen atoms in total. The number of imide groups is 1. The molecule has 0 aliphatic carbocycles. The average molecular weight is 259 g/mol. The maximum atomic E-state index is 11.9. The van der Waals surface area contributed by atoms with Crippen LogP contribution in [0.4, 0.5) is 0 Å². The Bertz CT molecular complexity index is 477. The summed E-state index contributed by atoms with van der Waals surface area (Å²) in [4.78, 5) is 36.7. The SMILES string of the molecule is CC1CC(=O)N(CCC(=O)c2ccccc2)C(=O)C1. The van der Waals surface area contributed by atoms with E-state index < -0.39 is 0 Å². The van der Waals surface area contributed by atoms with Crippen molar-refractivity contribution in [3.8, 4) is 0 Å². The third-order valence-corrected chi connectivity index (χ3v) is 3.31. The van der Waals surface area contributed by atoms with Gasteiger partial charge in [0.05, 0.1) is 0 Å². The van der Waals surface area contributed by atoms with E-state index >= 15 is 0 Å². The highest BCUT2D eigenvalue weighted by atomic mass is 16.2. The summed E-state index contributed by atoms with van der Waals surface area (Å²) in [6.45, 7) is 2.08. The highest BCUT2D eigenvalue weighted by molar-refractivity contribution is 6.00. The van der Waals surface area contributed by atoms with Crippen LogP contribution >= 0.6 is 0 Å². The van der Waals surface area contributed by atoms with Crippen LogP contribution in [0.25, 0.3) is 0 Å².